The van der Waals surface area contributed by atoms with Crippen molar-refractivity contribution < 1.29 is 4.92 Å². The zero-order chi connectivity index (χ0) is 13.8. The molecule has 0 amide bonds. The molecular weight excluding hydrogens is 262 g/mol. The van der Waals surface area contributed by atoms with E-state index >= 15 is 0 Å². The Morgan fingerprint density at radius 1 is 1.47 bits per heavy atom. The Labute approximate surface area is 114 Å². The minimum Gasteiger partial charge on any atom is -0.373 e. The van der Waals surface area contributed by atoms with Crippen molar-refractivity contribution in [2.24, 2.45) is 0 Å². The Balaban J connectivity index is 2.35. The third-order valence-corrected chi connectivity index (χ3v) is 3.46. The summed E-state index contributed by atoms with van der Waals surface area (Å²) in [5.74, 6) is 0. The van der Waals surface area contributed by atoms with E-state index in [1.165, 1.54) is 6.07 Å². The maximum Gasteiger partial charge on any atom is 0.309 e. The minimum atomic E-state index is -0.527. The fourth-order valence-corrected chi connectivity index (χ4v) is 2.54. The summed E-state index contributed by atoms with van der Waals surface area (Å²) in [5.41, 5.74) is 1.31. The number of nitrogens with zero attached hydrogens (tertiary/aromatic N) is 2. The van der Waals surface area contributed by atoms with Crippen molar-refractivity contribution in [3.05, 3.63) is 56.3 Å². The second-order valence-corrected chi connectivity index (χ2v) is 4.77. The molecule has 1 unspecified atom stereocenters. The van der Waals surface area contributed by atoms with Gasteiger partial charge in [-0.2, -0.15) is 16.6 Å². The molecule has 0 bridgehead atoms. The molecule has 0 aliphatic carbocycles. The summed E-state index contributed by atoms with van der Waals surface area (Å²) in [5, 5.41) is 27.0. The molecule has 19 heavy (non-hydrogen) atoms. The van der Waals surface area contributed by atoms with Crippen LogP contribution >= 0.6 is 11.3 Å². The van der Waals surface area contributed by atoms with Crippen LogP contribution in [0.4, 0.5) is 11.4 Å². The molecule has 6 heteroatoms. The topological polar surface area (TPSA) is 79.0 Å². The zero-order valence-corrected chi connectivity index (χ0v) is 11.0. The number of nitriles is 1. The molecule has 0 saturated carbocycles. The molecule has 0 radical (unpaired) electrons. The number of hydrogen-bond acceptors (Lipinski definition) is 5. The Bertz CT molecular complexity index is 632. The highest BCUT2D eigenvalue weighted by Gasteiger charge is 2.20. The summed E-state index contributed by atoms with van der Waals surface area (Å²) in [6, 6.07) is 8.44. The van der Waals surface area contributed by atoms with Crippen LogP contribution in [0.1, 0.15) is 24.1 Å². The van der Waals surface area contributed by atoms with Gasteiger partial charge >= 0.3 is 5.69 Å². The highest BCUT2D eigenvalue weighted by molar-refractivity contribution is 7.07. The van der Waals surface area contributed by atoms with Gasteiger partial charge in [0.1, 0.15) is 17.3 Å². The van der Waals surface area contributed by atoms with Crippen LogP contribution in [0.15, 0.2) is 35.0 Å². The normalized spacial score (nSPS) is 11.6. The van der Waals surface area contributed by atoms with E-state index in [9.17, 15) is 10.1 Å². The standard InChI is InChI=1S/C13H11N3O2S/c1-9(11-5-6-19-8-11)15-12-4-2-3-10(7-14)13(12)16(17)18/h2-6,8-9,15H,1H3. The molecular formula is C13H11N3O2S. The predicted molar refractivity (Wildman–Crippen MR) is 74.2 cm³/mol. The molecule has 0 fully saturated rings. The van der Waals surface area contributed by atoms with E-state index in [-0.39, 0.29) is 17.3 Å². The monoisotopic (exact) mass is 273 g/mol. The molecule has 0 saturated heterocycles. The van der Waals surface area contributed by atoms with Crippen molar-refractivity contribution in [3.8, 4) is 6.07 Å². The van der Waals surface area contributed by atoms with Crippen LogP contribution in [-0.4, -0.2) is 4.92 Å². The summed E-state index contributed by atoms with van der Waals surface area (Å²) < 4.78 is 0. The van der Waals surface area contributed by atoms with Crippen LogP contribution in [0.2, 0.25) is 0 Å². The van der Waals surface area contributed by atoms with E-state index < -0.39 is 4.92 Å². The van der Waals surface area contributed by atoms with Crippen molar-refractivity contribution in [3.63, 3.8) is 0 Å². The molecule has 0 aliphatic heterocycles. The molecule has 2 rings (SSSR count). The highest BCUT2D eigenvalue weighted by atomic mass is 32.1. The summed E-state index contributed by atoms with van der Waals surface area (Å²) in [4.78, 5) is 10.6. The first-order valence-corrected chi connectivity index (χ1v) is 6.54. The zero-order valence-electron chi connectivity index (χ0n) is 10.2. The van der Waals surface area contributed by atoms with Crippen molar-refractivity contribution in [1.82, 2.24) is 0 Å². The number of nitrogens with one attached hydrogen (secondary N) is 1. The number of rotatable bonds is 4. The lowest BCUT2D eigenvalue weighted by Crippen LogP contribution is -2.08. The second kappa shape index (κ2) is 5.50. The van der Waals surface area contributed by atoms with Gasteiger partial charge in [0.05, 0.1) is 4.92 Å². The fourth-order valence-electron chi connectivity index (χ4n) is 1.78. The maximum atomic E-state index is 11.1. The van der Waals surface area contributed by atoms with Crippen molar-refractivity contribution in [2.45, 2.75) is 13.0 Å². The van der Waals surface area contributed by atoms with Gasteiger partial charge in [-0.1, -0.05) is 6.07 Å². The van der Waals surface area contributed by atoms with Crippen molar-refractivity contribution >= 4 is 22.7 Å². The number of para-hydroxylation sites is 1. The number of thiophene rings is 1. The van der Waals surface area contributed by atoms with E-state index in [4.69, 9.17) is 5.26 Å². The third kappa shape index (κ3) is 2.72. The van der Waals surface area contributed by atoms with Crippen LogP contribution in [0.3, 0.4) is 0 Å². The number of benzene rings is 1. The molecule has 1 N–H and O–H groups in total. The van der Waals surface area contributed by atoms with E-state index in [2.05, 4.69) is 5.32 Å². The Morgan fingerprint density at radius 3 is 2.84 bits per heavy atom. The van der Waals surface area contributed by atoms with Crippen molar-refractivity contribution in [1.29, 1.82) is 5.26 Å². The van der Waals surface area contributed by atoms with Gasteiger partial charge in [-0.05, 0) is 41.4 Å². The number of nitro benzene ring substituents is 1. The number of hydrogen-bond donors (Lipinski definition) is 1. The van der Waals surface area contributed by atoms with Gasteiger partial charge in [-0.3, -0.25) is 10.1 Å². The largest absolute Gasteiger partial charge is 0.373 e. The van der Waals surface area contributed by atoms with Crippen LogP contribution in [0.25, 0.3) is 0 Å². The smallest absolute Gasteiger partial charge is 0.309 e. The lowest BCUT2D eigenvalue weighted by Gasteiger charge is -2.14. The van der Waals surface area contributed by atoms with Crippen LogP contribution < -0.4 is 5.32 Å². The first-order chi connectivity index (χ1) is 9.13. The Kier molecular flexibility index (Phi) is 3.78. The maximum absolute atomic E-state index is 11.1. The molecule has 0 aliphatic rings. The summed E-state index contributed by atoms with van der Waals surface area (Å²) in [6.07, 6.45) is 0. The lowest BCUT2D eigenvalue weighted by atomic mass is 10.1. The van der Waals surface area contributed by atoms with Crippen molar-refractivity contribution in [2.75, 3.05) is 5.32 Å². The number of anilines is 1. The van der Waals surface area contributed by atoms with E-state index in [1.54, 1.807) is 23.5 Å². The average Bonchev–Trinajstić information content (AvgIpc) is 2.92. The minimum absolute atomic E-state index is 0.0566. The first kappa shape index (κ1) is 13.1. The van der Waals surface area contributed by atoms with Gasteiger partial charge in [0, 0.05) is 6.04 Å². The fraction of sp³-hybridized carbons (Fsp3) is 0.154. The molecule has 1 heterocycles. The first-order valence-electron chi connectivity index (χ1n) is 5.59. The Morgan fingerprint density at radius 2 is 2.26 bits per heavy atom. The van der Waals surface area contributed by atoms with E-state index in [0.717, 1.165) is 5.56 Å². The summed E-state index contributed by atoms with van der Waals surface area (Å²) in [7, 11) is 0. The van der Waals surface area contributed by atoms with E-state index in [0.29, 0.717) is 5.69 Å². The van der Waals surface area contributed by atoms with Gasteiger partial charge in [0.25, 0.3) is 0 Å². The van der Waals surface area contributed by atoms with Crippen LogP contribution in [-0.2, 0) is 0 Å². The van der Waals surface area contributed by atoms with Gasteiger partial charge in [-0.25, -0.2) is 0 Å². The van der Waals surface area contributed by atoms with Gasteiger partial charge in [0.15, 0.2) is 0 Å². The van der Waals surface area contributed by atoms with Gasteiger partial charge < -0.3 is 5.32 Å². The Hall–Kier alpha value is -2.39. The predicted octanol–water partition coefficient (Wildman–Crippen LogP) is 3.70. The molecule has 2 aromatic rings. The molecule has 1 atom stereocenters. The number of nitro groups is 1. The summed E-state index contributed by atoms with van der Waals surface area (Å²) >= 11 is 1.57. The van der Waals surface area contributed by atoms with Crippen LogP contribution in [0.5, 0.6) is 0 Å². The molecule has 0 spiro atoms. The molecule has 1 aromatic heterocycles. The second-order valence-electron chi connectivity index (χ2n) is 3.99. The third-order valence-electron chi connectivity index (χ3n) is 2.75. The lowest BCUT2D eigenvalue weighted by molar-refractivity contribution is -0.384. The molecule has 96 valence electrons. The SMILES string of the molecule is CC(Nc1cccc(C#N)c1[N+](=O)[O-])c1ccsc1. The highest BCUT2D eigenvalue weighted by Crippen LogP contribution is 2.31. The van der Waals surface area contributed by atoms with Gasteiger partial charge in [-0.15, -0.1) is 0 Å². The van der Waals surface area contributed by atoms with Crippen LogP contribution in [0, 0.1) is 21.4 Å². The van der Waals surface area contributed by atoms with E-state index in [1.807, 2.05) is 29.8 Å². The summed E-state index contributed by atoms with van der Waals surface area (Å²) in [6.45, 7) is 1.92. The quantitative estimate of drug-likeness (QED) is 0.680. The van der Waals surface area contributed by atoms with Gasteiger partial charge in [0.2, 0.25) is 0 Å². The molecule has 5 nitrogen and oxygen atoms in total. The average molecular weight is 273 g/mol. The molecule has 1 aromatic carbocycles.